The van der Waals surface area contributed by atoms with Crippen molar-refractivity contribution in [3.8, 4) is 5.75 Å². The molecular formula is C23H26FN3O5. The number of hydrogen-bond acceptors (Lipinski definition) is 5. The molecule has 1 aromatic carbocycles. The van der Waals surface area contributed by atoms with Crippen LogP contribution in [-0.4, -0.2) is 40.7 Å². The van der Waals surface area contributed by atoms with Crippen LogP contribution in [0.25, 0.3) is 0 Å². The summed E-state index contributed by atoms with van der Waals surface area (Å²) in [5.41, 5.74) is -0.715. The fourth-order valence-corrected chi connectivity index (χ4v) is 4.34. The van der Waals surface area contributed by atoms with Crippen LogP contribution in [0, 0.1) is 11.7 Å². The summed E-state index contributed by atoms with van der Waals surface area (Å²) in [6.45, 7) is 1.08. The second-order valence-corrected chi connectivity index (χ2v) is 8.27. The zero-order valence-electron chi connectivity index (χ0n) is 17.6. The number of nitrogens with zero attached hydrogens (tertiary/aromatic N) is 1. The van der Waals surface area contributed by atoms with Gasteiger partial charge in [0, 0.05) is 31.2 Å². The first-order chi connectivity index (χ1) is 15.4. The van der Waals surface area contributed by atoms with Crippen molar-refractivity contribution < 1.29 is 23.8 Å². The van der Waals surface area contributed by atoms with Gasteiger partial charge < -0.3 is 25.0 Å². The summed E-state index contributed by atoms with van der Waals surface area (Å²) < 4.78 is 20.2. The number of pyridine rings is 1. The predicted molar refractivity (Wildman–Crippen MR) is 114 cm³/mol. The van der Waals surface area contributed by atoms with Crippen molar-refractivity contribution in [2.45, 2.75) is 44.8 Å². The molecule has 1 saturated carbocycles. The summed E-state index contributed by atoms with van der Waals surface area (Å²) in [5, 5.41) is 16.1. The maximum atomic E-state index is 13.0. The Hall–Kier alpha value is -3.20. The number of rotatable bonds is 3. The lowest BCUT2D eigenvalue weighted by Crippen LogP contribution is -2.46. The van der Waals surface area contributed by atoms with Gasteiger partial charge in [0.1, 0.15) is 11.4 Å². The van der Waals surface area contributed by atoms with Gasteiger partial charge in [-0.05, 0) is 30.5 Å². The number of carbonyl (C=O) groups is 2. The second kappa shape index (κ2) is 9.52. The zero-order valence-corrected chi connectivity index (χ0v) is 17.6. The minimum Gasteiger partial charge on any atom is -0.503 e. The third kappa shape index (κ3) is 4.67. The Morgan fingerprint density at radius 1 is 1.22 bits per heavy atom. The molecule has 0 unspecified atom stereocenters. The van der Waals surface area contributed by atoms with Crippen molar-refractivity contribution in [1.29, 1.82) is 0 Å². The van der Waals surface area contributed by atoms with E-state index < -0.39 is 28.8 Å². The monoisotopic (exact) mass is 443 g/mol. The highest BCUT2D eigenvalue weighted by atomic mass is 19.1. The first-order valence-corrected chi connectivity index (χ1v) is 10.8. The maximum Gasteiger partial charge on any atom is 0.272 e. The number of nitrogens with one attached hydrogen (secondary N) is 2. The maximum absolute atomic E-state index is 13.0. The highest BCUT2D eigenvalue weighted by Crippen LogP contribution is 2.26. The van der Waals surface area contributed by atoms with Crippen LogP contribution in [-0.2, 0) is 17.8 Å². The van der Waals surface area contributed by atoms with Crippen LogP contribution in [0.2, 0.25) is 0 Å². The van der Waals surface area contributed by atoms with Crippen LogP contribution in [0.4, 0.5) is 4.39 Å². The fourth-order valence-electron chi connectivity index (χ4n) is 4.34. The van der Waals surface area contributed by atoms with Gasteiger partial charge >= 0.3 is 0 Å². The molecule has 0 saturated heterocycles. The van der Waals surface area contributed by atoms with Crippen molar-refractivity contribution in [3.05, 3.63) is 63.3 Å². The van der Waals surface area contributed by atoms with Gasteiger partial charge in [0.05, 0.1) is 13.2 Å². The van der Waals surface area contributed by atoms with E-state index in [0.29, 0.717) is 12.2 Å². The van der Waals surface area contributed by atoms with Crippen molar-refractivity contribution in [2.24, 2.45) is 5.92 Å². The molecule has 1 fully saturated rings. The van der Waals surface area contributed by atoms with Gasteiger partial charge in [0.2, 0.25) is 5.43 Å². The van der Waals surface area contributed by atoms with Crippen LogP contribution in [0.1, 0.15) is 52.1 Å². The molecule has 0 spiro atoms. The lowest BCUT2D eigenvalue weighted by molar-refractivity contribution is 0.0554. The molecular weight excluding hydrogens is 417 g/mol. The minimum atomic E-state index is -0.916. The standard InChI is InChI=1S/C23H26FN3O5/c24-16-7-5-14(6-8-16)11-25-22(30)17-12-27-9-10-32-13-15-3-1-2-4-18(15)26-23(31)19(27)21(29)20(17)28/h5-8,12,15,18,29H,1-4,9-11,13H2,(H,25,30)(H,26,31)/t15-,18-/m0/s1. The smallest absolute Gasteiger partial charge is 0.272 e. The number of amides is 2. The summed E-state index contributed by atoms with van der Waals surface area (Å²) in [5.74, 6) is -2.18. The Morgan fingerprint density at radius 3 is 2.75 bits per heavy atom. The SMILES string of the molecule is O=C(NCc1ccc(F)cc1)c1cn2c(c(O)c1=O)C(=O)N[C@H]1CCCC[C@H]1COCC2. The molecule has 2 aliphatic rings. The van der Waals surface area contributed by atoms with Crippen LogP contribution in [0.3, 0.4) is 0 Å². The molecule has 8 nitrogen and oxygen atoms in total. The lowest BCUT2D eigenvalue weighted by Gasteiger charge is -2.33. The first kappa shape index (κ1) is 22.0. The van der Waals surface area contributed by atoms with Crippen molar-refractivity contribution in [3.63, 3.8) is 0 Å². The van der Waals surface area contributed by atoms with Crippen LogP contribution in [0.15, 0.2) is 35.3 Å². The second-order valence-electron chi connectivity index (χ2n) is 8.27. The van der Waals surface area contributed by atoms with E-state index in [0.717, 1.165) is 25.7 Å². The predicted octanol–water partition coefficient (Wildman–Crippen LogP) is 1.94. The topological polar surface area (TPSA) is 110 Å². The normalized spacial score (nSPS) is 21.1. The number of halogens is 1. The van der Waals surface area contributed by atoms with E-state index in [-0.39, 0.29) is 42.9 Å². The Balaban J connectivity index is 1.59. The third-order valence-electron chi connectivity index (χ3n) is 6.12. The van der Waals surface area contributed by atoms with E-state index in [1.54, 1.807) is 0 Å². The number of aromatic hydroxyl groups is 1. The van der Waals surface area contributed by atoms with Crippen molar-refractivity contribution >= 4 is 11.8 Å². The number of carbonyl (C=O) groups excluding carboxylic acids is 2. The van der Waals surface area contributed by atoms with E-state index in [1.807, 2.05) is 0 Å². The molecule has 1 aromatic heterocycles. The van der Waals surface area contributed by atoms with Crippen LogP contribution >= 0.6 is 0 Å². The number of benzene rings is 1. The average molecular weight is 443 g/mol. The van der Waals surface area contributed by atoms with E-state index >= 15 is 0 Å². The Labute approximate surface area is 184 Å². The van der Waals surface area contributed by atoms with Gasteiger partial charge in [-0.25, -0.2) is 4.39 Å². The van der Waals surface area contributed by atoms with Gasteiger partial charge in [-0.3, -0.25) is 14.4 Å². The molecule has 1 aliphatic heterocycles. The molecule has 2 heterocycles. The highest BCUT2D eigenvalue weighted by molar-refractivity contribution is 5.98. The summed E-state index contributed by atoms with van der Waals surface area (Å²) in [4.78, 5) is 38.3. The molecule has 1 aliphatic carbocycles. The number of ether oxygens (including phenoxy) is 1. The number of fused-ring (bicyclic) bond motifs is 2. The number of aromatic nitrogens is 1. The molecule has 32 heavy (non-hydrogen) atoms. The van der Waals surface area contributed by atoms with E-state index in [1.165, 1.54) is 35.0 Å². The number of hydrogen-bond donors (Lipinski definition) is 3. The summed E-state index contributed by atoms with van der Waals surface area (Å²) in [6.07, 6.45) is 5.12. The third-order valence-corrected chi connectivity index (χ3v) is 6.12. The van der Waals surface area contributed by atoms with Crippen LogP contribution < -0.4 is 16.1 Å². The van der Waals surface area contributed by atoms with Gasteiger partial charge in [-0.2, -0.15) is 0 Å². The molecule has 170 valence electrons. The molecule has 4 rings (SSSR count). The molecule has 9 heteroatoms. The Bertz CT molecular complexity index is 1070. The quantitative estimate of drug-likeness (QED) is 0.672. The average Bonchev–Trinajstić information content (AvgIpc) is 2.79. The lowest BCUT2D eigenvalue weighted by atomic mass is 9.85. The zero-order chi connectivity index (χ0) is 22.7. The molecule has 0 radical (unpaired) electrons. The van der Waals surface area contributed by atoms with Gasteiger partial charge in [-0.15, -0.1) is 0 Å². The van der Waals surface area contributed by atoms with E-state index in [4.69, 9.17) is 4.74 Å². The molecule has 2 amide bonds. The fraction of sp³-hybridized carbons (Fsp3) is 0.435. The van der Waals surface area contributed by atoms with Gasteiger partial charge in [0.25, 0.3) is 11.8 Å². The Morgan fingerprint density at radius 2 is 1.97 bits per heavy atom. The van der Waals surface area contributed by atoms with Crippen molar-refractivity contribution in [1.82, 2.24) is 15.2 Å². The van der Waals surface area contributed by atoms with Gasteiger partial charge in [0.15, 0.2) is 11.4 Å². The van der Waals surface area contributed by atoms with E-state index in [9.17, 15) is 23.9 Å². The van der Waals surface area contributed by atoms with Crippen LogP contribution in [0.5, 0.6) is 5.75 Å². The molecule has 0 bridgehead atoms. The molecule has 2 atom stereocenters. The highest BCUT2D eigenvalue weighted by Gasteiger charge is 2.31. The van der Waals surface area contributed by atoms with E-state index in [2.05, 4.69) is 10.6 Å². The summed E-state index contributed by atoms with van der Waals surface area (Å²) >= 11 is 0. The summed E-state index contributed by atoms with van der Waals surface area (Å²) in [6, 6.07) is 5.50. The first-order valence-electron chi connectivity index (χ1n) is 10.8. The minimum absolute atomic E-state index is 0.0771. The van der Waals surface area contributed by atoms with Gasteiger partial charge in [-0.1, -0.05) is 25.0 Å². The molecule has 2 aromatic rings. The largest absolute Gasteiger partial charge is 0.503 e. The summed E-state index contributed by atoms with van der Waals surface area (Å²) in [7, 11) is 0. The Kier molecular flexibility index (Phi) is 6.55. The molecule has 3 N–H and O–H groups in total. The van der Waals surface area contributed by atoms with Crippen molar-refractivity contribution in [2.75, 3.05) is 13.2 Å².